The Hall–Kier alpha value is -1.27. The second-order valence-electron chi connectivity index (χ2n) is 3.53. The summed E-state index contributed by atoms with van der Waals surface area (Å²) in [5.41, 5.74) is 6.67. The van der Waals surface area contributed by atoms with Gasteiger partial charge in [-0.2, -0.15) is 5.10 Å². The number of benzene rings is 1. The minimum Gasteiger partial charge on any atom is -0.389 e. The molecule has 0 aliphatic heterocycles. The Kier molecular flexibility index (Phi) is 3.54. The molecule has 2 N–H and O–H groups in total. The smallest absolute Gasteiger partial charge is 0.128 e. The van der Waals surface area contributed by atoms with Gasteiger partial charge in [-0.1, -0.05) is 12.2 Å². The van der Waals surface area contributed by atoms with Crippen molar-refractivity contribution in [1.29, 1.82) is 0 Å². The van der Waals surface area contributed by atoms with Gasteiger partial charge in [-0.25, -0.2) is 4.39 Å². The summed E-state index contributed by atoms with van der Waals surface area (Å²) in [6, 6.07) is 4.58. The molecule has 2 aromatic rings. The van der Waals surface area contributed by atoms with Crippen LogP contribution in [-0.2, 0) is 6.54 Å². The zero-order valence-electron chi connectivity index (χ0n) is 8.73. The Balaban J connectivity index is 2.31. The van der Waals surface area contributed by atoms with Gasteiger partial charge < -0.3 is 5.73 Å². The van der Waals surface area contributed by atoms with E-state index < -0.39 is 0 Å². The Labute approximate surface area is 112 Å². The number of halogens is 2. The van der Waals surface area contributed by atoms with E-state index in [0.29, 0.717) is 17.7 Å². The van der Waals surface area contributed by atoms with Crippen LogP contribution in [0.4, 0.5) is 4.39 Å². The molecule has 0 aliphatic rings. The maximum Gasteiger partial charge on any atom is 0.128 e. The highest BCUT2D eigenvalue weighted by Crippen LogP contribution is 2.14. The number of nitrogens with zero attached hydrogens (tertiary/aromatic N) is 2. The first-order valence-electron chi connectivity index (χ1n) is 4.82. The van der Waals surface area contributed by atoms with Crippen molar-refractivity contribution in [2.24, 2.45) is 5.73 Å². The van der Waals surface area contributed by atoms with E-state index in [1.807, 2.05) is 0 Å². The van der Waals surface area contributed by atoms with Gasteiger partial charge in [-0.05, 0) is 34.1 Å². The molecule has 0 saturated carbocycles. The van der Waals surface area contributed by atoms with Crippen LogP contribution in [0.25, 0.3) is 0 Å². The minimum absolute atomic E-state index is 0.257. The first-order valence-corrected chi connectivity index (χ1v) is 6.02. The van der Waals surface area contributed by atoms with Crippen molar-refractivity contribution < 1.29 is 4.39 Å². The maximum absolute atomic E-state index is 13.6. The third-order valence-electron chi connectivity index (χ3n) is 2.26. The summed E-state index contributed by atoms with van der Waals surface area (Å²) in [6.07, 6.45) is 3.42. The molecule has 3 nitrogen and oxygen atoms in total. The average Bonchev–Trinajstić information content (AvgIpc) is 2.67. The second-order valence-corrected chi connectivity index (χ2v) is 4.88. The van der Waals surface area contributed by atoms with E-state index in [4.69, 9.17) is 18.0 Å². The molecule has 1 aromatic carbocycles. The molecule has 1 heterocycles. The van der Waals surface area contributed by atoms with Crippen LogP contribution in [0, 0.1) is 5.82 Å². The lowest BCUT2D eigenvalue weighted by Crippen LogP contribution is -2.11. The molecule has 0 bridgehead atoms. The first-order chi connectivity index (χ1) is 8.06. The molecule has 2 rings (SSSR count). The highest BCUT2D eigenvalue weighted by atomic mass is 79.9. The molecule has 17 heavy (non-hydrogen) atoms. The molecule has 0 fully saturated rings. The van der Waals surface area contributed by atoms with Gasteiger partial charge in [0.1, 0.15) is 10.8 Å². The van der Waals surface area contributed by atoms with Crippen LogP contribution in [-0.4, -0.2) is 14.8 Å². The largest absolute Gasteiger partial charge is 0.389 e. The highest BCUT2D eigenvalue weighted by molar-refractivity contribution is 9.10. The van der Waals surface area contributed by atoms with Gasteiger partial charge in [0.15, 0.2) is 0 Å². The van der Waals surface area contributed by atoms with Crippen LogP contribution in [0.1, 0.15) is 11.1 Å². The van der Waals surface area contributed by atoms with Crippen LogP contribution in [0.2, 0.25) is 0 Å². The Morgan fingerprint density at radius 3 is 2.88 bits per heavy atom. The summed E-state index contributed by atoms with van der Waals surface area (Å²) in [5.74, 6) is -0.295. The third-order valence-corrected chi connectivity index (χ3v) is 2.91. The van der Waals surface area contributed by atoms with E-state index in [9.17, 15) is 4.39 Å². The summed E-state index contributed by atoms with van der Waals surface area (Å²) in [4.78, 5) is 0.257. The van der Waals surface area contributed by atoms with Gasteiger partial charge in [0.05, 0.1) is 17.2 Å². The Morgan fingerprint density at radius 2 is 2.29 bits per heavy atom. The molecule has 0 amide bonds. The molecule has 0 aliphatic carbocycles. The molecule has 88 valence electrons. The summed E-state index contributed by atoms with van der Waals surface area (Å²) in [5, 5.41) is 4.07. The van der Waals surface area contributed by atoms with Crippen LogP contribution < -0.4 is 5.73 Å². The standard InChI is InChI=1S/C11H9BrFN3S/c12-9-4-15-16(6-9)5-8-3-7(11(14)17)1-2-10(8)13/h1-4,6H,5H2,(H2,14,17). The zero-order chi connectivity index (χ0) is 12.4. The Morgan fingerprint density at radius 1 is 1.53 bits per heavy atom. The first kappa shape index (κ1) is 12.2. The predicted octanol–water partition coefficient (Wildman–Crippen LogP) is 2.47. The molecule has 0 atom stereocenters. The summed E-state index contributed by atoms with van der Waals surface area (Å²) in [7, 11) is 0. The van der Waals surface area contributed by atoms with E-state index in [2.05, 4.69) is 21.0 Å². The number of nitrogens with two attached hydrogens (primary N) is 1. The third kappa shape index (κ3) is 2.89. The topological polar surface area (TPSA) is 43.8 Å². The van der Waals surface area contributed by atoms with Crippen molar-refractivity contribution in [2.45, 2.75) is 6.54 Å². The summed E-state index contributed by atoms with van der Waals surface area (Å²) in [6.45, 7) is 0.341. The van der Waals surface area contributed by atoms with Crippen molar-refractivity contribution in [2.75, 3.05) is 0 Å². The summed E-state index contributed by atoms with van der Waals surface area (Å²) < 4.78 is 16.1. The van der Waals surface area contributed by atoms with Crippen LogP contribution in [0.3, 0.4) is 0 Å². The van der Waals surface area contributed by atoms with Crippen molar-refractivity contribution in [1.82, 2.24) is 9.78 Å². The van der Waals surface area contributed by atoms with E-state index in [0.717, 1.165) is 4.47 Å². The molecular formula is C11H9BrFN3S. The van der Waals surface area contributed by atoms with Gasteiger partial charge >= 0.3 is 0 Å². The average molecular weight is 314 g/mol. The molecule has 0 unspecified atom stereocenters. The fraction of sp³-hybridized carbons (Fsp3) is 0.0909. The van der Waals surface area contributed by atoms with Gasteiger partial charge in [-0.3, -0.25) is 4.68 Å². The predicted molar refractivity (Wildman–Crippen MR) is 71.3 cm³/mol. The molecule has 1 aromatic heterocycles. The Bertz CT molecular complexity index is 568. The lowest BCUT2D eigenvalue weighted by atomic mass is 10.1. The van der Waals surface area contributed by atoms with Crippen molar-refractivity contribution in [3.05, 3.63) is 52.0 Å². The van der Waals surface area contributed by atoms with E-state index >= 15 is 0 Å². The molecular weight excluding hydrogens is 305 g/mol. The molecule has 0 radical (unpaired) electrons. The van der Waals surface area contributed by atoms with Crippen molar-refractivity contribution >= 4 is 33.1 Å². The highest BCUT2D eigenvalue weighted by Gasteiger charge is 2.06. The van der Waals surface area contributed by atoms with Crippen molar-refractivity contribution in [3.8, 4) is 0 Å². The normalized spacial score (nSPS) is 10.5. The molecule has 0 saturated heterocycles. The van der Waals surface area contributed by atoms with Gasteiger partial charge in [-0.15, -0.1) is 0 Å². The number of thiocarbonyl (C=S) groups is 1. The SMILES string of the molecule is NC(=S)c1ccc(F)c(Cn2cc(Br)cn2)c1. The van der Waals surface area contributed by atoms with Crippen LogP contribution >= 0.6 is 28.1 Å². The van der Waals surface area contributed by atoms with Crippen molar-refractivity contribution in [3.63, 3.8) is 0 Å². The minimum atomic E-state index is -0.295. The van der Waals surface area contributed by atoms with Gasteiger partial charge in [0.2, 0.25) is 0 Å². The number of rotatable bonds is 3. The van der Waals surface area contributed by atoms with Crippen LogP contribution in [0.15, 0.2) is 35.1 Å². The monoisotopic (exact) mass is 313 g/mol. The lowest BCUT2D eigenvalue weighted by molar-refractivity contribution is 0.585. The fourth-order valence-corrected chi connectivity index (χ4v) is 1.90. The number of aromatic nitrogens is 2. The van der Waals surface area contributed by atoms with E-state index in [1.54, 1.807) is 29.2 Å². The molecule has 6 heteroatoms. The van der Waals surface area contributed by atoms with E-state index in [1.165, 1.54) is 6.07 Å². The van der Waals surface area contributed by atoms with E-state index in [-0.39, 0.29) is 10.8 Å². The van der Waals surface area contributed by atoms with Gasteiger partial charge in [0, 0.05) is 17.3 Å². The summed E-state index contributed by atoms with van der Waals surface area (Å²) >= 11 is 8.14. The quantitative estimate of drug-likeness (QED) is 0.885. The lowest BCUT2D eigenvalue weighted by Gasteiger charge is -2.06. The number of hydrogen-bond donors (Lipinski definition) is 1. The maximum atomic E-state index is 13.6. The fourth-order valence-electron chi connectivity index (χ4n) is 1.45. The second kappa shape index (κ2) is 4.93. The van der Waals surface area contributed by atoms with Gasteiger partial charge in [0.25, 0.3) is 0 Å². The number of hydrogen-bond acceptors (Lipinski definition) is 2. The zero-order valence-corrected chi connectivity index (χ0v) is 11.1. The van der Waals surface area contributed by atoms with Crippen LogP contribution in [0.5, 0.6) is 0 Å². The molecule has 0 spiro atoms.